The van der Waals surface area contributed by atoms with Gasteiger partial charge in [-0.15, -0.1) is 13.2 Å². The maximum atomic E-state index is 13.1. The van der Waals surface area contributed by atoms with Crippen LogP contribution in [0.15, 0.2) is 23.2 Å². The van der Waals surface area contributed by atoms with Gasteiger partial charge in [-0.1, -0.05) is 0 Å². The van der Waals surface area contributed by atoms with E-state index >= 15 is 0 Å². The standard InChI is InChI=1S/C12H9F4NO2/c13-6-3-10-11(17-5-6)8-2-1-7(4-9(8)18-10)19-12(14,15)16/h1-2,4-6,10-11H,3H2/t6-,10-,11-/m0/s1. The summed E-state index contributed by atoms with van der Waals surface area (Å²) in [6.45, 7) is 0. The first kappa shape index (κ1) is 12.3. The van der Waals surface area contributed by atoms with Gasteiger partial charge in [0.1, 0.15) is 29.8 Å². The van der Waals surface area contributed by atoms with Gasteiger partial charge in [-0.3, -0.25) is 4.99 Å². The fraction of sp³-hybridized carbons (Fsp3) is 0.417. The summed E-state index contributed by atoms with van der Waals surface area (Å²) in [5, 5.41) is 0. The summed E-state index contributed by atoms with van der Waals surface area (Å²) in [5.74, 6) is -0.0892. The predicted molar refractivity (Wildman–Crippen MR) is 58.3 cm³/mol. The average Bonchev–Trinajstić information content (AvgIpc) is 2.62. The van der Waals surface area contributed by atoms with Gasteiger partial charge in [0, 0.05) is 24.3 Å². The van der Waals surface area contributed by atoms with Gasteiger partial charge in [0.05, 0.1) is 0 Å². The molecule has 0 bridgehead atoms. The maximum Gasteiger partial charge on any atom is 0.573 e. The molecule has 2 heterocycles. The Balaban J connectivity index is 1.87. The molecule has 2 aliphatic rings. The van der Waals surface area contributed by atoms with E-state index in [9.17, 15) is 17.6 Å². The number of halogens is 4. The number of benzene rings is 1. The first-order valence-corrected chi connectivity index (χ1v) is 5.66. The minimum Gasteiger partial charge on any atom is -0.487 e. The van der Waals surface area contributed by atoms with Crippen LogP contribution in [0.1, 0.15) is 18.0 Å². The van der Waals surface area contributed by atoms with Gasteiger partial charge in [-0.2, -0.15) is 0 Å². The molecule has 0 aliphatic carbocycles. The van der Waals surface area contributed by atoms with Crippen molar-refractivity contribution < 1.29 is 27.0 Å². The molecule has 102 valence electrons. The van der Waals surface area contributed by atoms with E-state index in [-0.39, 0.29) is 24.0 Å². The zero-order valence-corrected chi connectivity index (χ0v) is 9.52. The molecule has 1 aromatic rings. The number of fused-ring (bicyclic) bond motifs is 3. The topological polar surface area (TPSA) is 30.8 Å². The van der Waals surface area contributed by atoms with Crippen molar-refractivity contribution in [1.29, 1.82) is 0 Å². The third-order valence-electron chi connectivity index (χ3n) is 3.03. The quantitative estimate of drug-likeness (QED) is 0.737. The minimum atomic E-state index is -4.75. The molecule has 0 radical (unpaired) electrons. The number of hydrogen-bond donors (Lipinski definition) is 0. The average molecular weight is 275 g/mol. The Kier molecular flexibility index (Phi) is 2.65. The van der Waals surface area contributed by atoms with E-state index in [2.05, 4.69) is 9.73 Å². The first-order chi connectivity index (χ1) is 8.92. The van der Waals surface area contributed by atoms with E-state index in [4.69, 9.17) is 4.74 Å². The fourth-order valence-corrected chi connectivity index (χ4v) is 2.31. The molecule has 0 saturated heterocycles. The van der Waals surface area contributed by atoms with Crippen molar-refractivity contribution in [3.05, 3.63) is 23.8 Å². The number of rotatable bonds is 1. The molecular formula is C12H9F4NO2. The summed E-state index contributed by atoms with van der Waals surface area (Å²) >= 11 is 0. The summed E-state index contributed by atoms with van der Waals surface area (Å²) in [6.07, 6.45) is -5.03. The Bertz CT molecular complexity index is 529. The molecular weight excluding hydrogens is 266 g/mol. The van der Waals surface area contributed by atoms with Crippen LogP contribution in [0.4, 0.5) is 17.6 Å². The Morgan fingerprint density at radius 1 is 1.32 bits per heavy atom. The molecule has 0 N–H and O–H groups in total. The van der Waals surface area contributed by atoms with Crippen molar-refractivity contribution >= 4 is 6.21 Å². The van der Waals surface area contributed by atoms with Crippen LogP contribution < -0.4 is 9.47 Å². The van der Waals surface area contributed by atoms with E-state index < -0.39 is 18.6 Å². The third kappa shape index (κ3) is 2.36. The lowest BCUT2D eigenvalue weighted by molar-refractivity contribution is -0.274. The first-order valence-electron chi connectivity index (χ1n) is 5.66. The zero-order valence-electron chi connectivity index (χ0n) is 9.52. The van der Waals surface area contributed by atoms with Gasteiger partial charge in [0.2, 0.25) is 0 Å². The van der Waals surface area contributed by atoms with Gasteiger partial charge in [-0.25, -0.2) is 4.39 Å². The van der Waals surface area contributed by atoms with Crippen molar-refractivity contribution in [3.8, 4) is 11.5 Å². The molecule has 7 heteroatoms. The van der Waals surface area contributed by atoms with Gasteiger partial charge in [-0.05, 0) is 12.1 Å². The summed E-state index contributed by atoms with van der Waals surface area (Å²) in [4.78, 5) is 4.03. The molecule has 0 fully saturated rings. The van der Waals surface area contributed by atoms with Crippen molar-refractivity contribution in [2.45, 2.75) is 31.1 Å². The normalized spacial score (nSPS) is 28.5. The Hall–Kier alpha value is -1.79. The van der Waals surface area contributed by atoms with Crippen molar-refractivity contribution in [2.24, 2.45) is 4.99 Å². The minimum absolute atomic E-state index is 0.151. The second kappa shape index (κ2) is 4.11. The Morgan fingerprint density at radius 2 is 2.11 bits per heavy atom. The molecule has 0 spiro atoms. The van der Waals surface area contributed by atoms with Gasteiger partial charge >= 0.3 is 6.36 Å². The Labute approximate surface area is 105 Å². The van der Waals surface area contributed by atoms with E-state index in [1.807, 2.05) is 0 Å². The zero-order chi connectivity index (χ0) is 13.6. The van der Waals surface area contributed by atoms with Gasteiger partial charge in [0.15, 0.2) is 0 Å². The summed E-state index contributed by atoms with van der Waals surface area (Å²) in [6, 6.07) is 3.48. The monoisotopic (exact) mass is 275 g/mol. The van der Waals surface area contributed by atoms with Crippen LogP contribution in [0.3, 0.4) is 0 Å². The highest BCUT2D eigenvalue weighted by Crippen LogP contribution is 2.44. The molecule has 3 nitrogen and oxygen atoms in total. The highest BCUT2D eigenvalue weighted by molar-refractivity contribution is 5.66. The summed E-state index contributed by atoms with van der Waals surface area (Å²) < 4.78 is 58.7. The number of nitrogens with zero attached hydrogens (tertiary/aromatic N) is 1. The van der Waals surface area contributed by atoms with Crippen LogP contribution in [0.2, 0.25) is 0 Å². The lowest BCUT2D eigenvalue weighted by Gasteiger charge is -2.20. The molecule has 3 rings (SSSR count). The van der Waals surface area contributed by atoms with Crippen LogP contribution in [-0.4, -0.2) is 24.9 Å². The maximum absolute atomic E-state index is 13.1. The highest BCUT2D eigenvalue weighted by Gasteiger charge is 2.39. The van der Waals surface area contributed by atoms with Crippen LogP contribution in [0.25, 0.3) is 0 Å². The third-order valence-corrected chi connectivity index (χ3v) is 3.03. The number of aliphatic imine (C=N–C) groups is 1. The summed E-state index contributed by atoms with van der Waals surface area (Å²) in [5.41, 5.74) is 0.655. The second-order valence-corrected chi connectivity index (χ2v) is 4.40. The lowest BCUT2D eigenvalue weighted by atomic mass is 9.98. The second-order valence-electron chi connectivity index (χ2n) is 4.40. The van der Waals surface area contributed by atoms with Crippen LogP contribution in [0.5, 0.6) is 11.5 Å². The van der Waals surface area contributed by atoms with Crippen molar-refractivity contribution in [1.82, 2.24) is 0 Å². The molecule has 1 aromatic carbocycles. The predicted octanol–water partition coefficient (Wildman–Crippen LogP) is 3.20. The van der Waals surface area contributed by atoms with E-state index in [0.29, 0.717) is 5.56 Å². The molecule has 19 heavy (non-hydrogen) atoms. The Morgan fingerprint density at radius 3 is 2.84 bits per heavy atom. The van der Waals surface area contributed by atoms with Crippen molar-refractivity contribution in [3.63, 3.8) is 0 Å². The van der Waals surface area contributed by atoms with E-state index in [1.165, 1.54) is 18.3 Å². The molecule has 3 atom stereocenters. The van der Waals surface area contributed by atoms with E-state index in [1.54, 1.807) is 0 Å². The van der Waals surface area contributed by atoms with Crippen LogP contribution in [0, 0.1) is 0 Å². The van der Waals surface area contributed by atoms with Crippen LogP contribution in [-0.2, 0) is 0 Å². The summed E-state index contributed by atoms with van der Waals surface area (Å²) in [7, 11) is 0. The molecule has 0 aromatic heterocycles. The van der Waals surface area contributed by atoms with Gasteiger partial charge < -0.3 is 9.47 Å². The fourth-order valence-electron chi connectivity index (χ4n) is 2.31. The lowest BCUT2D eigenvalue weighted by Crippen LogP contribution is -2.27. The van der Waals surface area contributed by atoms with Gasteiger partial charge in [0.25, 0.3) is 0 Å². The van der Waals surface area contributed by atoms with Crippen LogP contribution >= 0.6 is 0 Å². The smallest absolute Gasteiger partial charge is 0.487 e. The van der Waals surface area contributed by atoms with E-state index in [0.717, 1.165) is 6.07 Å². The highest BCUT2D eigenvalue weighted by atomic mass is 19.4. The SMILES string of the molecule is F[C@@H]1C=N[C@H]2c3ccc(OC(F)(F)F)cc3O[C@H]2C1. The molecule has 2 aliphatic heterocycles. The number of hydrogen-bond acceptors (Lipinski definition) is 3. The number of ether oxygens (including phenoxy) is 2. The van der Waals surface area contributed by atoms with Crippen molar-refractivity contribution in [2.75, 3.05) is 0 Å². The molecule has 0 unspecified atom stereocenters. The largest absolute Gasteiger partial charge is 0.573 e. The molecule has 0 amide bonds. The molecule has 0 saturated carbocycles. The number of alkyl halides is 4.